The van der Waals surface area contributed by atoms with Crippen LogP contribution in [0.15, 0.2) is 4.99 Å². The van der Waals surface area contributed by atoms with Crippen LogP contribution >= 0.6 is 24.0 Å². The summed E-state index contributed by atoms with van der Waals surface area (Å²) in [5.41, 5.74) is 0. The van der Waals surface area contributed by atoms with E-state index in [4.69, 9.17) is 4.74 Å². The molecule has 26 heavy (non-hydrogen) atoms. The number of nitrogens with one attached hydrogen (secondary N) is 2. The third-order valence-electron chi connectivity index (χ3n) is 4.97. The second-order valence-electron chi connectivity index (χ2n) is 7.06. The van der Waals surface area contributed by atoms with Crippen LogP contribution in [0.25, 0.3) is 0 Å². The fourth-order valence-electron chi connectivity index (χ4n) is 3.25. The van der Waals surface area contributed by atoms with Gasteiger partial charge in [0, 0.05) is 58.3 Å². The third-order valence-corrected chi connectivity index (χ3v) is 4.97. The molecule has 1 saturated heterocycles. The molecule has 2 aliphatic rings. The topological polar surface area (TPSA) is 69.2 Å². The van der Waals surface area contributed by atoms with E-state index in [1.54, 1.807) is 7.11 Å². The Labute approximate surface area is 175 Å². The van der Waals surface area contributed by atoms with Gasteiger partial charge in [0.25, 0.3) is 0 Å². The molecule has 0 bridgehead atoms. The molecular weight excluding hydrogens is 445 g/mol. The number of carbonyl (C=O) groups is 1. The number of hydrogen-bond acceptors (Lipinski definition) is 4. The number of halogens is 1. The summed E-state index contributed by atoms with van der Waals surface area (Å²) in [7, 11) is 1.71. The molecule has 0 aromatic carbocycles. The second-order valence-corrected chi connectivity index (χ2v) is 7.06. The van der Waals surface area contributed by atoms with Gasteiger partial charge in [0.05, 0.1) is 13.2 Å². The SMILES string of the molecule is CCNC(=NCCN1CCN(C(=O)C2CCC2)CC1)NC(C)COC.I. The van der Waals surface area contributed by atoms with Crippen molar-refractivity contribution in [1.82, 2.24) is 20.4 Å². The maximum Gasteiger partial charge on any atom is 0.225 e. The molecule has 1 unspecified atom stereocenters. The minimum Gasteiger partial charge on any atom is -0.383 e. The van der Waals surface area contributed by atoms with Gasteiger partial charge in [0.2, 0.25) is 5.91 Å². The van der Waals surface area contributed by atoms with Crippen molar-refractivity contribution < 1.29 is 9.53 Å². The van der Waals surface area contributed by atoms with Gasteiger partial charge in [-0.1, -0.05) is 6.42 Å². The molecule has 0 radical (unpaired) electrons. The maximum atomic E-state index is 12.3. The van der Waals surface area contributed by atoms with E-state index >= 15 is 0 Å². The quantitative estimate of drug-likeness (QED) is 0.309. The molecule has 152 valence electrons. The average Bonchev–Trinajstić information content (AvgIpc) is 2.54. The molecule has 0 spiro atoms. The zero-order valence-corrected chi connectivity index (χ0v) is 18.8. The molecule has 1 aliphatic carbocycles. The highest BCUT2D eigenvalue weighted by atomic mass is 127. The van der Waals surface area contributed by atoms with Gasteiger partial charge in [0.1, 0.15) is 0 Å². The van der Waals surface area contributed by atoms with Crippen LogP contribution in [0.3, 0.4) is 0 Å². The highest BCUT2D eigenvalue weighted by molar-refractivity contribution is 14.0. The zero-order chi connectivity index (χ0) is 18.1. The standard InChI is InChI=1S/C18H35N5O2.HI/c1-4-19-18(21-15(2)14-25-3)20-8-9-22-10-12-23(13-11-22)17(24)16-6-5-7-16;/h15-16H,4-14H2,1-3H3,(H2,19,20,21);1H. The summed E-state index contributed by atoms with van der Waals surface area (Å²) >= 11 is 0. The minimum atomic E-state index is 0. The largest absolute Gasteiger partial charge is 0.383 e. The molecule has 2 rings (SSSR count). The molecule has 1 atom stereocenters. The Morgan fingerprint density at radius 3 is 2.50 bits per heavy atom. The Morgan fingerprint density at radius 2 is 1.96 bits per heavy atom. The summed E-state index contributed by atoms with van der Waals surface area (Å²) in [6.07, 6.45) is 3.41. The number of methoxy groups -OCH3 is 1. The lowest BCUT2D eigenvalue weighted by Crippen LogP contribution is -2.51. The van der Waals surface area contributed by atoms with Crippen LogP contribution < -0.4 is 10.6 Å². The van der Waals surface area contributed by atoms with Crippen molar-refractivity contribution in [2.24, 2.45) is 10.9 Å². The van der Waals surface area contributed by atoms with Crippen molar-refractivity contribution in [3.05, 3.63) is 0 Å². The normalized spacial score (nSPS) is 20.1. The van der Waals surface area contributed by atoms with Crippen LogP contribution in [0.4, 0.5) is 0 Å². The number of aliphatic imine (C=N–C) groups is 1. The second kappa shape index (κ2) is 12.7. The summed E-state index contributed by atoms with van der Waals surface area (Å²) in [4.78, 5) is 21.4. The first-order chi connectivity index (χ1) is 12.1. The lowest BCUT2D eigenvalue weighted by atomic mass is 9.84. The minimum absolute atomic E-state index is 0. The van der Waals surface area contributed by atoms with E-state index in [1.165, 1.54) is 6.42 Å². The summed E-state index contributed by atoms with van der Waals surface area (Å²) in [6, 6.07) is 0.226. The van der Waals surface area contributed by atoms with Crippen LogP contribution in [0.2, 0.25) is 0 Å². The fourth-order valence-corrected chi connectivity index (χ4v) is 3.25. The predicted molar refractivity (Wildman–Crippen MR) is 116 cm³/mol. The average molecular weight is 481 g/mol. The van der Waals surface area contributed by atoms with Crippen LogP contribution in [-0.2, 0) is 9.53 Å². The lowest BCUT2D eigenvalue weighted by Gasteiger charge is -2.38. The van der Waals surface area contributed by atoms with E-state index in [0.29, 0.717) is 18.4 Å². The highest BCUT2D eigenvalue weighted by Gasteiger charge is 2.30. The van der Waals surface area contributed by atoms with E-state index < -0.39 is 0 Å². The molecule has 1 amide bonds. The number of hydrogen-bond donors (Lipinski definition) is 2. The Bertz CT molecular complexity index is 437. The van der Waals surface area contributed by atoms with Crippen molar-refractivity contribution in [3.8, 4) is 0 Å². The highest BCUT2D eigenvalue weighted by Crippen LogP contribution is 2.28. The predicted octanol–water partition coefficient (Wildman–Crippen LogP) is 1.14. The molecule has 1 heterocycles. The summed E-state index contributed by atoms with van der Waals surface area (Å²) in [5.74, 6) is 1.54. The number of guanidine groups is 1. The first-order valence-electron chi connectivity index (χ1n) is 9.69. The summed E-state index contributed by atoms with van der Waals surface area (Å²) in [5, 5.41) is 6.62. The Morgan fingerprint density at radius 1 is 1.27 bits per heavy atom. The van der Waals surface area contributed by atoms with E-state index in [0.717, 1.165) is 64.6 Å². The maximum absolute atomic E-state index is 12.3. The summed E-state index contributed by atoms with van der Waals surface area (Å²) in [6.45, 7) is 11.0. The molecule has 8 heteroatoms. The Balaban J connectivity index is 0.00000338. The van der Waals surface area contributed by atoms with Crippen molar-refractivity contribution in [3.63, 3.8) is 0 Å². The van der Waals surface area contributed by atoms with Crippen LogP contribution in [-0.4, -0.2) is 87.2 Å². The van der Waals surface area contributed by atoms with Crippen LogP contribution in [0.5, 0.6) is 0 Å². The van der Waals surface area contributed by atoms with Gasteiger partial charge < -0.3 is 20.3 Å². The lowest BCUT2D eigenvalue weighted by molar-refractivity contribution is -0.139. The van der Waals surface area contributed by atoms with Gasteiger partial charge in [-0.2, -0.15) is 0 Å². The number of nitrogens with zero attached hydrogens (tertiary/aromatic N) is 3. The van der Waals surface area contributed by atoms with Gasteiger partial charge in [-0.25, -0.2) is 0 Å². The van der Waals surface area contributed by atoms with E-state index in [2.05, 4.69) is 39.3 Å². The van der Waals surface area contributed by atoms with Gasteiger partial charge in [-0.3, -0.25) is 14.7 Å². The molecule has 0 aromatic rings. The number of amides is 1. The van der Waals surface area contributed by atoms with E-state index in [-0.39, 0.29) is 30.0 Å². The van der Waals surface area contributed by atoms with E-state index in [1.807, 2.05) is 0 Å². The Kier molecular flexibility index (Phi) is 11.5. The van der Waals surface area contributed by atoms with Crippen molar-refractivity contribution in [2.75, 3.05) is 59.5 Å². The number of carbonyl (C=O) groups excluding carboxylic acids is 1. The van der Waals surface area contributed by atoms with Gasteiger partial charge >= 0.3 is 0 Å². The van der Waals surface area contributed by atoms with E-state index in [9.17, 15) is 4.79 Å². The molecule has 2 N–H and O–H groups in total. The fraction of sp³-hybridized carbons (Fsp3) is 0.889. The number of ether oxygens (including phenoxy) is 1. The van der Waals surface area contributed by atoms with Gasteiger partial charge in [-0.15, -0.1) is 24.0 Å². The molecular formula is C18H36IN5O2. The zero-order valence-electron chi connectivity index (χ0n) is 16.5. The molecule has 7 nitrogen and oxygen atoms in total. The molecule has 2 fully saturated rings. The monoisotopic (exact) mass is 481 g/mol. The summed E-state index contributed by atoms with van der Waals surface area (Å²) < 4.78 is 5.15. The van der Waals surface area contributed by atoms with Crippen molar-refractivity contribution >= 4 is 35.8 Å². The van der Waals surface area contributed by atoms with Crippen molar-refractivity contribution in [1.29, 1.82) is 0 Å². The first kappa shape index (κ1) is 23.4. The smallest absolute Gasteiger partial charge is 0.225 e. The van der Waals surface area contributed by atoms with Crippen LogP contribution in [0.1, 0.15) is 33.1 Å². The molecule has 1 saturated carbocycles. The Hall–Kier alpha value is -0.610. The third kappa shape index (κ3) is 7.56. The molecule has 1 aliphatic heterocycles. The van der Waals surface area contributed by atoms with Crippen molar-refractivity contribution in [2.45, 2.75) is 39.2 Å². The molecule has 0 aromatic heterocycles. The van der Waals surface area contributed by atoms with Gasteiger partial charge in [0.15, 0.2) is 5.96 Å². The van der Waals surface area contributed by atoms with Crippen LogP contribution in [0, 0.1) is 5.92 Å². The van der Waals surface area contributed by atoms with Gasteiger partial charge in [-0.05, 0) is 26.7 Å². The number of piperazine rings is 1. The first-order valence-corrected chi connectivity index (χ1v) is 9.69. The number of rotatable bonds is 8.